The molecule has 2 nitrogen and oxygen atoms in total. The summed E-state index contributed by atoms with van der Waals surface area (Å²) in [5.74, 6) is 0. The van der Waals surface area contributed by atoms with Crippen molar-refractivity contribution < 1.29 is 4.43 Å². The third kappa shape index (κ3) is 2.98. The highest BCUT2D eigenvalue weighted by Gasteiger charge is 2.21. The van der Waals surface area contributed by atoms with Crippen LogP contribution in [0, 0.1) is 11.3 Å². The first-order valence-electron chi connectivity index (χ1n) is 4.69. The molecule has 0 aliphatic rings. The molecule has 0 aromatic heterocycles. The molecule has 0 saturated heterocycles. The normalized spacial score (nSPS) is 13.3. The predicted molar refractivity (Wildman–Crippen MR) is 59.9 cm³/mol. The molecule has 0 fully saturated rings. The Kier molecular flexibility index (Phi) is 3.45. The van der Waals surface area contributed by atoms with E-state index >= 15 is 0 Å². The Labute approximate surface area is 86.9 Å². The minimum atomic E-state index is -1.43. The van der Waals surface area contributed by atoms with Crippen molar-refractivity contribution in [2.75, 3.05) is 0 Å². The first-order valence-corrected chi connectivity index (χ1v) is 6.89. The van der Waals surface area contributed by atoms with E-state index in [1.54, 1.807) is 13.8 Å². The standard InChI is InChI=1S/C11H15NOSi/c1-11(2,9-12)13-14(3)10-7-5-4-6-8-10/h4-8,14H,1-3H3. The van der Waals surface area contributed by atoms with Gasteiger partial charge in [-0.1, -0.05) is 30.3 Å². The Morgan fingerprint density at radius 1 is 1.29 bits per heavy atom. The minimum absolute atomic E-state index is 0.665. The van der Waals surface area contributed by atoms with Gasteiger partial charge in [-0.3, -0.25) is 0 Å². The van der Waals surface area contributed by atoms with Crippen molar-refractivity contribution >= 4 is 14.2 Å². The summed E-state index contributed by atoms with van der Waals surface area (Å²) in [5.41, 5.74) is -0.665. The lowest BCUT2D eigenvalue weighted by atomic mass is 10.2. The molecular weight excluding hydrogens is 190 g/mol. The molecule has 1 aromatic rings. The van der Waals surface area contributed by atoms with Gasteiger partial charge in [0.1, 0.15) is 5.60 Å². The van der Waals surface area contributed by atoms with Crippen LogP contribution in [0.1, 0.15) is 13.8 Å². The molecule has 74 valence electrons. The monoisotopic (exact) mass is 205 g/mol. The van der Waals surface area contributed by atoms with Crippen LogP contribution in [-0.4, -0.2) is 14.6 Å². The Hall–Kier alpha value is -1.11. The zero-order valence-corrected chi connectivity index (χ0v) is 9.97. The van der Waals surface area contributed by atoms with Gasteiger partial charge in [0, 0.05) is 0 Å². The average Bonchev–Trinajstić information content (AvgIpc) is 2.19. The summed E-state index contributed by atoms with van der Waals surface area (Å²) in [4.78, 5) is 0. The van der Waals surface area contributed by atoms with Crippen LogP contribution in [0.25, 0.3) is 0 Å². The average molecular weight is 205 g/mol. The van der Waals surface area contributed by atoms with Crippen molar-refractivity contribution in [1.82, 2.24) is 0 Å². The molecule has 0 N–H and O–H groups in total. The first-order chi connectivity index (χ1) is 6.55. The van der Waals surface area contributed by atoms with Crippen molar-refractivity contribution in [3.63, 3.8) is 0 Å². The van der Waals surface area contributed by atoms with E-state index < -0.39 is 14.6 Å². The summed E-state index contributed by atoms with van der Waals surface area (Å²) in [5, 5.41) is 10.1. The van der Waals surface area contributed by atoms with E-state index in [-0.39, 0.29) is 0 Å². The van der Waals surface area contributed by atoms with E-state index in [2.05, 4.69) is 24.7 Å². The highest BCUT2D eigenvalue weighted by molar-refractivity contribution is 6.66. The summed E-state index contributed by atoms with van der Waals surface area (Å²) < 4.78 is 5.75. The first kappa shape index (κ1) is 11.0. The van der Waals surface area contributed by atoms with Gasteiger partial charge in [-0.15, -0.1) is 0 Å². The second kappa shape index (κ2) is 4.40. The van der Waals surface area contributed by atoms with Gasteiger partial charge < -0.3 is 4.43 Å². The van der Waals surface area contributed by atoms with Crippen molar-refractivity contribution in [2.24, 2.45) is 0 Å². The maximum Gasteiger partial charge on any atom is 0.207 e. The molecule has 1 atom stereocenters. The van der Waals surface area contributed by atoms with E-state index in [4.69, 9.17) is 9.69 Å². The smallest absolute Gasteiger partial charge is 0.207 e. The Morgan fingerprint density at radius 2 is 1.86 bits per heavy atom. The van der Waals surface area contributed by atoms with E-state index in [1.807, 2.05) is 18.2 Å². The molecule has 0 amide bonds. The topological polar surface area (TPSA) is 33.0 Å². The van der Waals surface area contributed by atoms with Crippen molar-refractivity contribution in [3.05, 3.63) is 30.3 Å². The number of nitriles is 1. The highest BCUT2D eigenvalue weighted by atomic mass is 28.3. The highest BCUT2D eigenvalue weighted by Crippen LogP contribution is 2.08. The molecule has 14 heavy (non-hydrogen) atoms. The Morgan fingerprint density at radius 3 is 2.36 bits per heavy atom. The van der Waals surface area contributed by atoms with Crippen molar-refractivity contribution in [2.45, 2.75) is 26.0 Å². The van der Waals surface area contributed by atoms with Crippen molar-refractivity contribution in [1.29, 1.82) is 5.26 Å². The van der Waals surface area contributed by atoms with Gasteiger partial charge in [-0.05, 0) is 25.6 Å². The van der Waals surface area contributed by atoms with Crippen LogP contribution >= 0.6 is 0 Å². The molecular formula is C11H15NOSi. The van der Waals surface area contributed by atoms with Crippen LogP contribution in [0.15, 0.2) is 30.3 Å². The number of hydrogen-bond acceptors (Lipinski definition) is 2. The fourth-order valence-electron chi connectivity index (χ4n) is 1.26. The molecule has 0 aliphatic carbocycles. The molecule has 1 rings (SSSR count). The SMILES string of the molecule is C[SiH](OC(C)(C)C#N)c1ccccc1. The van der Waals surface area contributed by atoms with E-state index in [9.17, 15) is 0 Å². The summed E-state index contributed by atoms with van der Waals surface area (Å²) in [7, 11) is -1.43. The predicted octanol–water partition coefficient (Wildman–Crippen LogP) is 1.57. The maximum absolute atomic E-state index is 8.84. The largest absolute Gasteiger partial charge is 0.398 e. The van der Waals surface area contributed by atoms with Crippen LogP contribution in [-0.2, 0) is 4.43 Å². The third-order valence-corrected chi connectivity index (χ3v) is 4.28. The van der Waals surface area contributed by atoms with Gasteiger partial charge in [0.2, 0.25) is 9.04 Å². The lowest BCUT2D eigenvalue weighted by Crippen LogP contribution is -2.38. The molecule has 0 heterocycles. The maximum atomic E-state index is 8.84. The van der Waals surface area contributed by atoms with Crippen LogP contribution in [0.3, 0.4) is 0 Å². The fraction of sp³-hybridized carbons (Fsp3) is 0.364. The number of benzene rings is 1. The van der Waals surface area contributed by atoms with Gasteiger partial charge >= 0.3 is 0 Å². The quantitative estimate of drug-likeness (QED) is 0.702. The van der Waals surface area contributed by atoms with Crippen LogP contribution < -0.4 is 5.19 Å². The Balaban J connectivity index is 2.70. The zero-order valence-electron chi connectivity index (χ0n) is 8.82. The summed E-state index contributed by atoms with van der Waals surface area (Å²) in [6, 6.07) is 12.3. The van der Waals surface area contributed by atoms with Gasteiger partial charge in [0.05, 0.1) is 6.07 Å². The number of rotatable bonds is 3. The van der Waals surface area contributed by atoms with Gasteiger partial charge in [-0.25, -0.2) is 0 Å². The van der Waals surface area contributed by atoms with Crippen LogP contribution in [0.4, 0.5) is 0 Å². The summed E-state index contributed by atoms with van der Waals surface area (Å²) in [6.07, 6.45) is 0. The molecule has 0 radical (unpaired) electrons. The van der Waals surface area contributed by atoms with E-state index in [1.165, 1.54) is 5.19 Å². The minimum Gasteiger partial charge on any atom is -0.398 e. The molecule has 0 aliphatic heterocycles. The second-order valence-corrected chi connectivity index (χ2v) is 5.98. The van der Waals surface area contributed by atoms with Gasteiger partial charge in [0.15, 0.2) is 0 Å². The van der Waals surface area contributed by atoms with Crippen LogP contribution in [0.5, 0.6) is 0 Å². The van der Waals surface area contributed by atoms with E-state index in [0.717, 1.165) is 0 Å². The number of hydrogen-bond donors (Lipinski definition) is 0. The zero-order chi connectivity index (χ0) is 10.6. The lowest BCUT2D eigenvalue weighted by Gasteiger charge is -2.22. The van der Waals surface area contributed by atoms with Crippen molar-refractivity contribution in [3.8, 4) is 6.07 Å². The fourth-order valence-corrected chi connectivity index (χ4v) is 3.10. The Bertz CT molecular complexity index is 329. The molecule has 1 unspecified atom stereocenters. The molecule has 0 bridgehead atoms. The molecule has 1 aromatic carbocycles. The second-order valence-electron chi connectivity index (χ2n) is 3.79. The summed E-state index contributed by atoms with van der Waals surface area (Å²) in [6.45, 7) is 5.70. The molecule has 3 heteroatoms. The number of nitrogens with zero attached hydrogens (tertiary/aromatic N) is 1. The summed E-state index contributed by atoms with van der Waals surface area (Å²) >= 11 is 0. The van der Waals surface area contributed by atoms with E-state index in [0.29, 0.717) is 0 Å². The molecule has 0 spiro atoms. The third-order valence-electron chi connectivity index (χ3n) is 2.01. The van der Waals surface area contributed by atoms with Crippen LogP contribution in [0.2, 0.25) is 6.55 Å². The lowest BCUT2D eigenvalue weighted by molar-refractivity contribution is 0.174. The van der Waals surface area contributed by atoms with Gasteiger partial charge in [-0.2, -0.15) is 5.26 Å². The van der Waals surface area contributed by atoms with Gasteiger partial charge in [0.25, 0.3) is 0 Å². The molecule has 0 saturated carbocycles.